The summed E-state index contributed by atoms with van der Waals surface area (Å²) in [6.07, 6.45) is 6.32. The number of nitrogens with zero attached hydrogens (tertiary/aromatic N) is 2. The zero-order valence-corrected chi connectivity index (χ0v) is 20.7. The molecule has 3 heterocycles. The van der Waals surface area contributed by atoms with Crippen LogP contribution in [0.5, 0.6) is 5.75 Å². The summed E-state index contributed by atoms with van der Waals surface area (Å²) in [5.41, 5.74) is 3.31. The number of pyridine rings is 1. The zero-order valence-electron chi connectivity index (χ0n) is 20.7. The molecule has 5 rings (SSSR count). The van der Waals surface area contributed by atoms with Crippen LogP contribution in [-0.4, -0.2) is 35.5 Å². The molecule has 0 aliphatic carbocycles. The van der Waals surface area contributed by atoms with Crippen molar-refractivity contribution in [3.8, 4) is 5.75 Å². The van der Waals surface area contributed by atoms with E-state index in [9.17, 15) is 13.6 Å². The van der Waals surface area contributed by atoms with Crippen LogP contribution in [0.3, 0.4) is 0 Å². The van der Waals surface area contributed by atoms with E-state index in [2.05, 4.69) is 11.6 Å². The molecule has 1 aliphatic heterocycles. The number of fused-ring (bicyclic) bond motifs is 3. The lowest BCUT2D eigenvalue weighted by atomic mass is 9.93. The fourth-order valence-electron chi connectivity index (χ4n) is 4.90. The van der Waals surface area contributed by atoms with Gasteiger partial charge in [-0.15, -0.1) is 0 Å². The molecule has 1 saturated heterocycles. The van der Waals surface area contributed by atoms with Gasteiger partial charge >= 0.3 is 6.61 Å². The molecule has 1 atom stereocenters. The highest BCUT2D eigenvalue weighted by Crippen LogP contribution is 2.42. The number of carbonyl (C=O) groups excluding carboxylic acids is 1. The third kappa shape index (κ3) is 4.94. The quantitative estimate of drug-likeness (QED) is 0.228. The number of benzene rings is 2. The van der Waals surface area contributed by atoms with Crippen molar-refractivity contribution >= 4 is 33.4 Å². The molecule has 0 saturated carbocycles. The molecule has 4 aromatic rings. The minimum Gasteiger partial charge on any atom is -0.452 e. The van der Waals surface area contributed by atoms with Gasteiger partial charge in [-0.05, 0) is 47.9 Å². The van der Waals surface area contributed by atoms with E-state index in [1.165, 1.54) is 18.2 Å². The minimum atomic E-state index is -3.00. The van der Waals surface area contributed by atoms with E-state index in [0.29, 0.717) is 28.7 Å². The van der Waals surface area contributed by atoms with Crippen LogP contribution in [0.2, 0.25) is 0 Å². The summed E-state index contributed by atoms with van der Waals surface area (Å²) in [6.45, 7) is 2.92. The van der Waals surface area contributed by atoms with Gasteiger partial charge in [0.05, 0.1) is 0 Å². The van der Waals surface area contributed by atoms with Crippen molar-refractivity contribution in [1.82, 2.24) is 9.88 Å². The molecular weight excluding hydrogens is 493 g/mol. The highest BCUT2D eigenvalue weighted by Gasteiger charge is 2.33. The van der Waals surface area contributed by atoms with E-state index < -0.39 is 12.4 Å². The van der Waals surface area contributed by atoms with Gasteiger partial charge in [0.15, 0.2) is 11.3 Å². The molecule has 1 amide bonds. The van der Waals surface area contributed by atoms with Crippen LogP contribution in [0.15, 0.2) is 95.5 Å². The van der Waals surface area contributed by atoms with Gasteiger partial charge in [0, 0.05) is 54.2 Å². The largest absolute Gasteiger partial charge is 0.452 e. The van der Waals surface area contributed by atoms with Crippen molar-refractivity contribution in [3.63, 3.8) is 0 Å². The maximum Gasteiger partial charge on any atom is 0.387 e. The van der Waals surface area contributed by atoms with Crippen molar-refractivity contribution in [2.24, 2.45) is 0 Å². The van der Waals surface area contributed by atoms with Crippen LogP contribution in [0.1, 0.15) is 30.4 Å². The Bertz CT molecular complexity index is 1570. The summed E-state index contributed by atoms with van der Waals surface area (Å²) in [4.78, 5) is 18.7. The average molecular weight is 519 g/mol. The number of amides is 1. The summed E-state index contributed by atoms with van der Waals surface area (Å²) in [6, 6.07) is 14.0. The number of aromatic nitrogens is 1. The SMILES string of the molecule is C=C/C(CN1CC(c2ccc(OC(F)F)c3oc4ccccc4c23)CC1=O)=C(F)\C=C(/C)c1cccnc1. The molecule has 2 aromatic carbocycles. The molecule has 194 valence electrons. The molecule has 1 aliphatic rings. The average Bonchev–Trinajstić information content (AvgIpc) is 3.48. The van der Waals surface area contributed by atoms with Crippen LogP contribution in [0.4, 0.5) is 13.2 Å². The number of hydrogen-bond acceptors (Lipinski definition) is 4. The Morgan fingerprint density at radius 3 is 2.79 bits per heavy atom. The number of furan rings is 1. The number of ether oxygens (including phenoxy) is 1. The molecule has 0 spiro atoms. The molecule has 0 N–H and O–H groups in total. The van der Waals surface area contributed by atoms with Gasteiger partial charge in [0.1, 0.15) is 11.4 Å². The van der Waals surface area contributed by atoms with Crippen molar-refractivity contribution in [2.75, 3.05) is 13.1 Å². The van der Waals surface area contributed by atoms with Gasteiger partial charge < -0.3 is 14.1 Å². The molecular formula is C30H25F3N2O3. The monoisotopic (exact) mass is 518 g/mol. The standard InChI is InChI=1S/C30H25F3N2O3/c1-3-19(24(31)13-18(2)20-7-6-12-34-15-20)16-35-17-21(14-27(35)36)22-10-11-26(38-30(32)33)29-28(22)23-8-4-5-9-25(23)37-29/h3-13,15,21,30H,1,14,16-17H2,2H3/b18-13+,24-19-. The van der Waals surface area contributed by atoms with E-state index in [4.69, 9.17) is 9.15 Å². The second-order valence-electron chi connectivity index (χ2n) is 9.16. The number of allylic oxidation sites excluding steroid dienone is 3. The van der Waals surface area contributed by atoms with Crippen LogP contribution in [0.25, 0.3) is 27.5 Å². The number of likely N-dealkylation sites (tertiary alicyclic amines) is 1. The van der Waals surface area contributed by atoms with E-state index >= 15 is 4.39 Å². The van der Waals surface area contributed by atoms with Crippen molar-refractivity contribution < 1.29 is 27.1 Å². The first-order chi connectivity index (χ1) is 18.4. The van der Waals surface area contributed by atoms with Gasteiger partial charge in [-0.1, -0.05) is 43.0 Å². The number of rotatable bonds is 8. The van der Waals surface area contributed by atoms with E-state index in [1.807, 2.05) is 18.2 Å². The topological polar surface area (TPSA) is 55.6 Å². The summed E-state index contributed by atoms with van der Waals surface area (Å²) in [7, 11) is 0. The third-order valence-corrected chi connectivity index (χ3v) is 6.77. The summed E-state index contributed by atoms with van der Waals surface area (Å²) >= 11 is 0. The molecule has 2 aromatic heterocycles. The van der Waals surface area contributed by atoms with Gasteiger partial charge in [0.2, 0.25) is 5.91 Å². The molecule has 0 radical (unpaired) electrons. The Kier molecular flexibility index (Phi) is 7.05. The Balaban J connectivity index is 1.45. The first-order valence-electron chi connectivity index (χ1n) is 12.1. The number of carbonyl (C=O) groups is 1. The first kappa shape index (κ1) is 25.3. The molecule has 1 unspecified atom stereocenters. The zero-order chi connectivity index (χ0) is 26.8. The summed E-state index contributed by atoms with van der Waals surface area (Å²) < 4.78 is 51.8. The second-order valence-corrected chi connectivity index (χ2v) is 9.16. The summed E-state index contributed by atoms with van der Waals surface area (Å²) in [5, 5.41) is 1.39. The minimum absolute atomic E-state index is 0.0589. The Hall–Kier alpha value is -4.33. The maximum atomic E-state index is 15.2. The molecule has 5 nitrogen and oxygen atoms in total. The van der Waals surface area contributed by atoms with Crippen LogP contribution in [0, 0.1) is 0 Å². The van der Waals surface area contributed by atoms with Crippen molar-refractivity contribution in [2.45, 2.75) is 25.9 Å². The Morgan fingerprint density at radius 1 is 1.24 bits per heavy atom. The number of hydrogen-bond donors (Lipinski definition) is 0. The lowest BCUT2D eigenvalue weighted by molar-refractivity contribution is -0.127. The van der Waals surface area contributed by atoms with Crippen LogP contribution in [-0.2, 0) is 4.79 Å². The smallest absolute Gasteiger partial charge is 0.387 e. The predicted molar refractivity (Wildman–Crippen MR) is 141 cm³/mol. The summed E-state index contributed by atoms with van der Waals surface area (Å²) in [5.74, 6) is -0.919. The van der Waals surface area contributed by atoms with Crippen molar-refractivity contribution in [3.05, 3.63) is 102 Å². The maximum absolute atomic E-state index is 15.2. The third-order valence-electron chi connectivity index (χ3n) is 6.77. The van der Waals surface area contributed by atoms with Gasteiger partial charge in [-0.25, -0.2) is 4.39 Å². The van der Waals surface area contributed by atoms with Gasteiger partial charge in [0.25, 0.3) is 0 Å². The number of para-hydroxylation sites is 1. The predicted octanol–water partition coefficient (Wildman–Crippen LogP) is 7.41. The molecule has 1 fully saturated rings. The Labute approximate surface area is 217 Å². The lowest BCUT2D eigenvalue weighted by Gasteiger charge is -2.18. The normalized spacial score (nSPS) is 17.0. The Morgan fingerprint density at radius 2 is 2.05 bits per heavy atom. The van der Waals surface area contributed by atoms with Crippen LogP contribution >= 0.6 is 0 Å². The second kappa shape index (κ2) is 10.6. The highest BCUT2D eigenvalue weighted by molar-refractivity contribution is 6.09. The van der Waals surface area contributed by atoms with Crippen LogP contribution < -0.4 is 4.74 Å². The van der Waals surface area contributed by atoms with E-state index in [-0.39, 0.29) is 36.1 Å². The van der Waals surface area contributed by atoms with Gasteiger partial charge in [-0.3, -0.25) is 9.78 Å². The van der Waals surface area contributed by atoms with E-state index in [0.717, 1.165) is 16.5 Å². The number of halogens is 3. The highest BCUT2D eigenvalue weighted by atomic mass is 19.3. The number of alkyl halides is 2. The fraction of sp³-hybridized carbons (Fsp3) is 0.200. The fourth-order valence-corrected chi connectivity index (χ4v) is 4.90. The van der Waals surface area contributed by atoms with Gasteiger partial charge in [-0.2, -0.15) is 8.78 Å². The van der Waals surface area contributed by atoms with Crippen molar-refractivity contribution in [1.29, 1.82) is 0 Å². The molecule has 8 heteroatoms. The first-order valence-corrected chi connectivity index (χ1v) is 12.1. The molecule has 38 heavy (non-hydrogen) atoms. The van der Waals surface area contributed by atoms with E-state index in [1.54, 1.807) is 48.5 Å². The molecule has 0 bridgehead atoms. The lowest BCUT2D eigenvalue weighted by Crippen LogP contribution is -2.27.